The zero-order valence-corrected chi connectivity index (χ0v) is 22.7. The Kier molecular flexibility index (Phi) is 7.13. The molecule has 0 spiro atoms. The van der Waals surface area contributed by atoms with Gasteiger partial charge in [0.2, 0.25) is 11.8 Å². The van der Waals surface area contributed by atoms with Crippen molar-refractivity contribution in [1.82, 2.24) is 15.0 Å². The van der Waals surface area contributed by atoms with E-state index >= 15 is 0 Å². The van der Waals surface area contributed by atoms with Gasteiger partial charge >= 0.3 is 0 Å². The number of rotatable bonds is 7. The van der Waals surface area contributed by atoms with Gasteiger partial charge in [-0.05, 0) is 48.7 Å². The highest BCUT2D eigenvalue weighted by molar-refractivity contribution is 8.03. The largest absolute Gasteiger partial charge is 0.488 e. The molecule has 4 heterocycles. The average Bonchev–Trinajstić information content (AvgIpc) is 3.32. The van der Waals surface area contributed by atoms with Crippen molar-refractivity contribution in [2.45, 2.75) is 30.1 Å². The summed E-state index contributed by atoms with van der Waals surface area (Å²) in [5.41, 5.74) is 9.35. The molecule has 9 nitrogen and oxygen atoms in total. The normalized spacial score (nSPS) is 15.9. The van der Waals surface area contributed by atoms with E-state index in [-0.39, 0.29) is 17.9 Å². The van der Waals surface area contributed by atoms with Gasteiger partial charge in [-0.25, -0.2) is 19.2 Å². The monoisotopic (exact) mass is 559 g/mol. The zero-order chi connectivity index (χ0) is 26.2. The first kappa shape index (κ1) is 25.5. The average molecular weight is 560 g/mol. The molecule has 1 saturated heterocycles. The predicted octanol–water partition coefficient (Wildman–Crippen LogP) is 4.97. The molecule has 194 valence electrons. The Hall–Kier alpha value is -3.12. The van der Waals surface area contributed by atoms with E-state index in [2.05, 4.69) is 25.5 Å². The molecule has 3 aromatic heterocycles. The number of nitrogens with one attached hydrogen (secondary N) is 1. The van der Waals surface area contributed by atoms with Gasteiger partial charge in [-0.15, -0.1) is 11.3 Å². The molecular formula is C25H26ClN5O4S2. The zero-order valence-electron chi connectivity index (χ0n) is 20.3. The first-order valence-corrected chi connectivity index (χ1v) is 14.4. The van der Waals surface area contributed by atoms with Gasteiger partial charge in [0.15, 0.2) is 0 Å². The van der Waals surface area contributed by atoms with Gasteiger partial charge in [-0.1, -0.05) is 11.6 Å². The predicted molar refractivity (Wildman–Crippen MR) is 149 cm³/mol. The Morgan fingerprint density at radius 3 is 2.70 bits per heavy atom. The van der Waals surface area contributed by atoms with Gasteiger partial charge in [0.1, 0.15) is 27.3 Å². The second-order valence-electron chi connectivity index (χ2n) is 8.58. The molecule has 0 saturated carbocycles. The molecule has 0 aliphatic carbocycles. The fourth-order valence-electron chi connectivity index (χ4n) is 4.15. The number of thiophene rings is 1. The van der Waals surface area contributed by atoms with E-state index < -0.39 is 9.71 Å². The molecule has 1 fully saturated rings. The summed E-state index contributed by atoms with van der Waals surface area (Å²) in [6.45, 7) is 3.18. The molecular weight excluding hydrogens is 534 g/mol. The van der Waals surface area contributed by atoms with Crippen LogP contribution in [0.5, 0.6) is 11.6 Å². The van der Waals surface area contributed by atoms with E-state index in [0.29, 0.717) is 38.7 Å². The molecule has 0 amide bonds. The number of ether oxygens (including phenoxy) is 3. The number of aryl methyl sites for hydroxylation is 1. The van der Waals surface area contributed by atoms with Crippen LogP contribution in [-0.4, -0.2) is 51.5 Å². The highest BCUT2D eigenvalue weighted by Gasteiger charge is 2.20. The first-order chi connectivity index (χ1) is 17.7. The van der Waals surface area contributed by atoms with E-state index in [1.165, 1.54) is 18.4 Å². The Morgan fingerprint density at radius 1 is 1.22 bits per heavy atom. The van der Waals surface area contributed by atoms with Gasteiger partial charge in [0.05, 0.1) is 40.1 Å². The van der Waals surface area contributed by atoms with Crippen LogP contribution in [0.3, 0.4) is 0 Å². The summed E-state index contributed by atoms with van der Waals surface area (Å²) >= 11 is 7.26. The molecule has 1 atom stereocenters. The molecule has 1 aromatic carbocycles. The molecule has 12 heteroatoms. The van der Waals surface area contributed by atoms with Crippen LogP contribution < -0.4 is 19.9 Å². The van der Waals surface area contributed by atoms with Gasteiger partial charge < -0.3 is 24.7 Å². The SMILES string of the molecule is C=S(=O)(Nc1cc(-c2cc(OC3CCOCC3)c3nc(N)nc(C)c3c2)cnc1OC)c1ccc(Cl)s1. The van der Waals surface area contributed by atoms with E-state index in [1.807, 2.05) is 25.1 Å². The summed E-state index contributed by atoms with van der Waals surface area (Å²) in [6.07, 6.45) is 3.26. The Bertz CT molecular complexity index is 1570. The van der Waals surface area contributed by atoms with Crippen LogP contribution in [-0.2, 0) is 14.4 Å². The number of benzene rings is 1. The van der Waals surface area contributed by atoms with Crippen LogP contribution in [0.4, 0.5) is 11.6 Å². The Balaban J connectivity index is 1.59. The van der Waals surface area contributed by atoms with Crippen LogP contribution in [0, 0.1) is 6.92 Å². The van der Waals surface area contributed by atoms with Crippen molar-refractivity contribution in [1.29, 1.82) is 0 Å². The Labute approximate surface area is 224 Å². The molecule has 0 radical (unpaired) electrons. The molecule has 1 aliphatic heterocycles. The summed E-state index contributed by atoms with van der Waals surface area (Å²) in [5, 5.41) is 0.813. The van der Waals surface area contributed by atoms with Crippen molar-refractivity contribution in [2.24, 2.45) is 0 Å². The third-order valence-electron chi connectivity index (χ3n) is 5.96. The van der Waals surface area contributed by atoms with Crippen LogP contribution in [0.2, 0.25) is 4.34 Å². The number of methoxy groups -OCH3 is 1. The smallest absolute Gasteiger partial charge is 0.238 e. The third-order valence-corrected chi connectivity index (χ3v) is 9.38. The molecule has 1 aliphatic rings. The number of hydrogen-bond acceptors (Lipinski definition) is 9. The molecule has 0 bridgehead atoms. The van der Waals surface area contributed by atoms with Crippen molar-refractivity contribution < 1.29 is 18.4 Å². The van der Waals surface area contributed by atoms with Gasteiger partial charge in [-0.3, -0.25) is 0 Å². The maximum absolute atomic E-state index is 13.4. The van der Waals surface area contributed by atoms with E-state index in [9.17, 15) is 4.21 Å². The second kappa shape index (κ2) is 10.3. The highest BCUT2D eigenvalue weighted by Crippen LogP contribution is 2.37. The lowest BCUT2D eigenvalue weighted by molar-refractivity contribution is 0.0261. The van der Waals surface area contributed by atoms with Crippen LogP contribution >= 0.6 is 22.9 Å². The fraction of sp³-hybridized carbons (Fsp3) is 0.280. The van der Waals surface area contributed by atoms with Gasteiger partial charge in [-0.2, -0.15) is 0 Å². The van der Waals surface area contributed by atoms with Crippen LogP contribution in [0.15, 0.2) is 40.7 Å². The maximum Gasteiger partial charge on any atom is 0.238 e. The lowest BCUT2D eigenvalue weighted by Gasteiger charge is -2.24. The van der Waals surface area contributed by atoms with Crippen molar-refractivity contribution in [3.05, 3.63) is 46.6 Å². The van der Waals surface area contributed by atoms with Crippen molar-refractivity contribution in [2.75, 3.05) is 30.8 Å². The fourth-order valence-corrected chi connectivity index (χ4v) is 6.89. The minimum atomic E-state index is -2.90. The quantitative estimate of drug-likeness (QED) is 0.304. The molecule has 1 unspecified atom stereocenters. The summed E-state index contributed by atoms with van der Waals surface area (Å²) in [7, 11) is -1.40. The number of nitrogens with two attached hydrogens (primary N) is 1. The third kappa shape index (κ3) is 5.45. The van der Waals surface area contributed by atoms with Crippen molar-refractivity contribution >= 4 is 61.1 Å². The lowest BCUT2D eigenvalue weighted by Crippen LogP contribution is -2.26. The highest BCUT2D eigenvalue weighted by atomic mass is 35.5. The van der Waals surface area contributed by atoms with Crippen molar-refractivity contribution in [3.8, 4) is 22.8 Å². The standard InChI is InChI=1S/C25H26ClN5O4S2/c1-14-18-10-15(12-20(23(18)30-25(27)29-14)35-17-6-8-34-9-7-17)16-11-19(24(33-2)28-13-16)31-37(3,32)22-5-4-21(26)36-22/h4-5,10-13,17H,3,6-9H2,1-2H3,(H,31,32)(H2,27,29,30). The van der Waals surface area contributed by atoms with E-state index in [1.54, 1.807) is 18.3 Å². The van der Waals surface area contributed by atoms with Gasteiger partial charge in [0.25, 0.3) is 0 Å². The first-order valence-electron chi connectivity index (χ1n) is 11.5. The van der Waals surface area contributed by atoms with Crippen LogP contribution in [0.25, 0.3) is 22.0 Å². The number of nitrogen functional groups attached to an aromatic ring is 1. The lowest BCUT2D eigenvalue weighted by atomic mass is 10.0. The number of halogens is 1. The minimum absolute atomic E-state index is 0.00313. The number of anilines is 2. The minimum Gasteiger partial charge on any atom is -0.488 e. The number of aromatic nitrogens is 3. The van der Waals surface area contributed by atoms with Gasteiger partial charge in [0, 0.05) is 30.0 Å². The summed E-state index contributed by atoms with van der Waals surface area (Å²) < 4.78 is 34.8. The number of pyridine rings is 1. The van der Waals surface area contributed by atoms with Crippen LogP contribution in [0.1, 0.15) is 18.5 Å². The van der Waals surface area contributed by atoms with Crippen molar-refractivity contribution in [3.63, 3.8) is 0 Å². The summed E-state index contributed by atoms with van der Waals surface area (Å²) in [5.74, 6) is 4.97. The number of nitrogens with zero attached hydrogens (tertiary/aromatic N) is 3. The number of hydrogen-bond donors (Lipinski definition) is 2. The Morgan fingerprint density at radius 2 is 2.00 bits per heavy atom. The molecule has 37 heavy (non-hydrogen) atoms. The summed E-state index contributed by atoms with van der Waals surface area (Å²) in [6, 6.07) is 9.08. The van der Waals surface area contributed by atoms with E-state index in [4.69, 9.17) is 31.5 Å². The summed E-state index contributed by atoms with van der Waals surface area (Å²) in [4.78, 5) is 13.3. The van der Waals surface area contributed by atoms with E-state index in [0.717, 1.165) is 35.0 Å². The maximum atomic E-state index is 13.4. The number of fused-ring (bicyclic) bond motifs is 1. The molecule has 5 rings (SSSR count). The topological polar surface area (TPSA) is 121 Å². The molecule has 4 aromatic rings. The molecule has 3 N–H and O–H groups in total. The second-order valence-corrected chi connectivity index (χ2v) is 12.6.